The van der Waals surface area contributed by atoms with Gasteiger partial charge in [-0.3, -0.25) is 29.3 Å². The number of hydrogen-bond donors (Lipinski definition) is 1. The SMILES string of the molecule is Cn1ncc(-c2ccc3c(c2)CN(C2CCC(=O)NC2=O)C3=O)c1-c1ccc(OCCCN2CCOCC2)cc1. The van der Waals surface area contributed by atoms with E-state index in [1.807, 2.05) is 60.4 Å². The highest BCUT2D eigenvalue weighted by Crippen LogP contribution is 2.36. The van der Waals surface area contributed by atoms with Crippen molar-refractivity contribution in [1.29, 1.82) is 0 Å². The van der Waals surface area contributed by atoms with Crippen molar-refractivity contribution >= 4 is 17.7 Å². The Morgan fingerprint density at radius 1 is 1.02 bits per heavy atom. The van der Waals surface area contributed by atoms with Crippen molar-refractivity contribution in [2.45, 2.75) is 31.8 Å². The summed E-state index contributed by atoms with van der Waals surface area (Å²) in [5.74, 6) is -0.0427. The summed E-state index contributed by atoms with van der Waals surface area (Å²) < 4.78 is 13.2. The molecule has 1 unspecified atom stereocenters. The standard InChI is InChI=1S/C30H33N5O5/c1-33-28(20-3-6-23(7-4-20)40-14-2-11-34-12-15-39-16-13-34)25(18-31-33)21-5-8-24-22(17-21)19-35(30(24)38)26-9-10-27(36)32-29(26)37/h3-8,17-18,26H,2,9-16,19H2,1H3,(H,32,36,37). The quantitative estimate of drug-likeness (QED) is 0.344. The third-order valence-corrected chi connectivity index (χ3v) is 7.89. The molecule has 1 atom stereocenters. The number of rotatable bonds is 8. The molecular weight excluding hydrogens is 510 g/mol. The van der Waals surface area contributed by atoms with Gasteiger partial charge in [-0.15, -0.1) is 0 Å². The van der Waals surface area contributed by atoms with E-state index in [0.717, 1.165) is 73.0 Å². The maximum atomic E-state index is 13.1. The Bertz CT molecular complexity index is 1430. The first kappa shape index (κ1) is 26.2. The number of carbonyl (C=O) groups is 3. The molecule has 2 saturated heterocycles. The lowest BCUT2D eigenvalue weighted by Crippen LogP contribution is -2.52. The van der Waals surface area contributed by atoms with E-state index in [2.05, 4.69) is 15.3 Å². The molecule has 2 fully saturated rings. The Hall–Kier alpha value is -4.02. The minimum absolute atomic E-state index is 0.178. The van der Waals surface area contributed by atoms with E-state index in [-0.39, 0.29) is 18.2 Å². The highest BCUT2D eigenvalue weighted by Gasteiger charge is 2.39. The van der Waals surface area contributed by atoms with Crippen molar-refractivity contribution in [3.05, 3.63) is 59.8 Å². The number of hydrogen-bond acceptors (Lipinski definition) is 7. The third-order valence-electron chi connectivity index (χ3n) is 7.89. The molecule has 0 spiro atoms. The van der Waals surface area contributed by atoms with Crippen LogP contribution in [0.3, 0.4) is 0 Å². The van der Waals surface area contributed by atoms with Crippen molar-refractivity contribution in [2.75, 3.05) is 39.5 Å². The van der Waals surface area contributed by atoms with E-state index in [0.29, 0.717) is 25.1 Å². The maximum absolute atomic E-state index is 13.1. The third kappa shape index (κ3) is 5.24. The summed E-state index contributed by atoms with van der Waals surface area (Å²) in [5.41, 5.74) is 5.33. The number of aryl methyl sites for hydroxylation is 1. The first-order chi connectivity index (χ1) is 19.5. The summed E-state index contributed by atoms with van der Waals surface area (Å²) in [6, 6.07) is 13.2. The van der Waals surface area contributed by atoms with Gasteiger partial charge < -0.3 is 14.4 Å². The van der Waals surface area contributed by atoms with Gasteiger partial charge in [-0.2, -0.15) is 5.10 Å². The molecule has 10 nitrogen and oxygen atoms in total. The van der Waals surface area contributed by atoms with Crippen LogP contribution in [-0.2, 0) is 27.9 Å². The van der Waals surface area contributed by atoms with Crippen molar-refractivity contribution < 1.29 is 23.9 Å². The Balaban J connectivity index is 1.14. The summed E-state index contributed by atoms with van der Waals surface area (Å²) in [7, 11) is 1.91. The lowest BCUT2D eigenvalue weighted by atomic mass is 9.98. The van der Waals surface area contributed by atoms with Crippen molar-refractivity contribution in [3.63, 3.8) is 0 Å². The minimum Gasteiger partial charge on any atom is -0.494 e. The van der Waals surface area contributed by atoms with Gasteiger partial charge in [0.2, 0.25) is 11.8 Å². The lowest BCUT2D eigenvalue weighted by Gasteiger charge is -2.29. The first-order valence-electron chi connectivity index (χ1n) is 13.8. The molecule has 3 amide bonds. The zero-order valence-corrected chi connectivity index (χ0v) is 22.6. The van der Waals surface area contributed by atoms with Crippen molar-refractivity contribution in [1.82, 2.24) is 24.9 Å². The number of ether oxygens (including phenoxy) is 2. The Morgan fingerprint density at radius 3 is 2.58 bits per heavy atom. The molecule has 0 saturated carbocycles. The van der Waals surface area contributed by atoms with Gasteiger partial charge in [0.1, 0.15) is 11.8 Å². The van der Waals surface area contributed by atoms with Crippen LogP contribution in [0.15, 0.2) is 48.7 Å². The molecule has 4 heterocycles. The normalized spacial score (nSPS) is 19.6. The van der Waals surface area contributed by atoms with Gasteiger partial charge in [0.25, 0.3) is 5.91 Å². The second-order valence-corrected chi connectivity index (χ2v) is 10.5. The largest absolute Gasteiger partial charge is 0.494 e. The van der Waals surface area contributed by atoms with Crippen LogP contribution in [0, 0.1) is 0 Å². The molecule has 3 aromatic rings. The van der Waals surface area contributed by atoms with Crippen LogP contribution in [0.4, 0.5) is 0 Å². The summed E-state index contributed by atoms with van der Waals surface area (Å²) in [5, 5.41) is 6.87. The van der Waals surface area contributed by atoms with Crippen LogP contribution in [0.5, 0.6) is 5.75 Å². The molecule has 0 aliphatic carbocycles. The highest BCUT2D eigenvalue weighted by molar-refractivity contribution is 6.05. The van der Waals surface area contributed by atoms with Crippen LogP contribution in [0.1, 0.15) is 35.2 Å². The maximum Gasteiger partial charge on any atom is 0.255 e. The minimum atomic E-state index is -0.630. The fourth-order valence-corrected chi connectivity index (χ4v) is 5.75. The zero-order valence-electron chi connectivity index (χ0n) is 22.6. The lowest BCUT2D eigenvalue weighted by molar-refractivity contribution is -0.136. The van der Waals surface area contributed by atoms with Gasteiger partial charge in [0.15, 0.2) is 0 Å². The fraction of sp³-hybridized carbons (Fsp3) is 0.400. The van der Waals surface area contributed by atoms with Crippen molar-refractivity contribution in [3.8, 4) is 28.1 Å². The molecule has 1 N–H and O–H groups in total. The molecule has 6 rings (SSSR count). The number of nitrogens with one attached hydrogen (secondary N) is 1. The topological polar surface area (TPSA) is 106 Å². The number of imide groups is 1. The Kier molecular flexibility index (Phi) is 7.36. The highest BCUT2D eigenvalue weighted by atomic mass is 16.5. The van der Waals surface area contributed by atoms with Gasteiger partial charge in [-0.05, 0) is 60.4 Å². The van der Waals surface area contributed by atoms with Gasteiger partial charge in [0.05, 0.1) is 31.7 Å². The molecule has 3 aliphatic heterocycles. The van der Waals surface area contributed by atoms with E-state index >= 15 is 0 Å². The van der Waals surface area contributed by atoms with E-state index in [4.69, 9.17) is 9.47 Å². The monoisotopic (exact) mass is 543 g/mol. The molecule has 2 aromatic carbocycles. The average Bonchev–Trinajstić information content (AvgIpc) is 3.51. The predicted molar refractivity (Wildman–Crippen MR) is 147 cm³/mol. The first-order valence-corrected chi connectivity index (χ1v) is 13.8. The second kappa shape index (κ2) is 11.2. The van der Waals surface area contributed by atoms with Gasteiger partial charge in [-0.1, -0.05) is 6.07 Å². The number of aromatic nitrogens is 2. The predicted octanol–water partition coefficient (Wildman–Crippen LogP) is 2.62. The number of amides is 3. The van der Waals surface area contributed by atoms with Crippen LogP contribution in [0.2, 0.25) is 0 Å². The van der Waals surface area contributed by atoms with Crippen LogP contribution in [0.25, 0.3) is 22.4 Å². The van der Waals surface area contributed by atoms with E-state index in [1.54, 1.807) is 4.90 Å². The van der Waals surface area contributed by atoms with Crippen molar-refractivity contribution in [2.24, 2.45) is 7.05 Å². The van der Waals surface area contributed by atoms with E-state index in [1.165, 1.54) is 0 Å². The Morgan fingerprint density at radius 2 is 1.80 bits per heavy atom. The van der Waals surface area contributed by atoms with Crippen LogP contribution >= 0.6 is 0 Å². The number of benzene rings is 2. The Labute approximate surface area is 232 Å². The number of piperidine rings is 1. The van der Waals surface area contributed by atoms with Gasteiger partial charge in [0, 0.05) is 56.3 Å². The van der Waals surface area contributed by atoms with E-state index < -0.39 is 11.9 Å². The fourth-order valence-electron chi connectivity index (χ4n) is 5.75. The van der Waals surface area contributed by atoms with E-state index in [9.17, 15) is 14.4 Å². The molecular formula is C30H33N5O5. The molecule has 40 heavy (non-hydrogen) atoms. The number of nitrogens with zero attached hydrogens (tertiary/aromatic N) is 4. The smallest absolute Gasteiger partial charge is 0.255 e. The second-order valence-electron chi connectivity index (χ2n) is 10.5. The summed E-state index contributed by atoms with van der Waals surface area (Å²) in [6.07, 6.45) is 3.38. The molecule has 1 aromatic heterocycles. The summed E-state index contributed by atoms with van der Waals surface area (Å²) in [6.45, 7) is 5.60. The van der Waals surface area contributed by atoms with Crippen LogP contribution < -0.4 is 10.1 Å². The van der Waals surface area contributed by atoms with Gasteiger partial charge in [-0.25, -0.2) is 0 Å². The number of fused-ring (bicyclic) bond motifs is 1. The zero-order chi connectivity index (χ0) is 27.6. The van der Waals surface area contributed by atoms with Gasteiger partial charge >= 0.3 is 0 Å². The summed E-state index contributed by atoms with van der Waals surface area (Å²) in [4.78, 5) is 41.0. The molecule has 3 aliphatic rings. The molecule has 10 heteroatoms. The number of morpholine rings is 1. The average molecular weight is 544 g/mol. The van der Waals surface area contributed by atoms with Crippen LogP contribution in [-0.4, -0.2) is 82.8 Å². The molecule has 0 radical (unpaired) electrons. The summed E-state index contributed by atoms with van der Waals surface area (Å²) >= 11 is 0. The number of carbonyl (C=O) groups excluding carboxylic acids is 3. The molecule has 0 bridgehead atoms. The molecule has 208 valence electrons.